The molecule has 7 nitrogen and oxygen atoms in total. The number of benzene rings is 3. The van der Waals surface area contributed by atoms with Crippen molar-refractivity contribution in [1.29, 1.82) is 0 Å². The molecule has 0 bridgehead atoms. The van der Waals surface area contributed by atoms with E-state index in [0.29, 0.717) is 27.3 Å². The molecule has 0 aliphatic carbocycles. The Morgan fingerprint density at radius 2 is 1.66 bits per heavy atom. The van der Waals surface area contributed by atoms with Crippen molar-refractivity contribution in [2.24, 2.45) is 0 Å². The third-order valence-corrected chi connectivity index (χ3v) is 6.88. The minimum Gasteiger partial charge on any atom is -0.326 e. The summed E-state index contributed by atoms with van der Waals surface area (Å²) in [6.45, 7) is 0. The Morgan fingerprint density at radius 3 is 2.34 bits per heavy atom. The first-order valence-corrected chi connectivity index (χ1v) is 13.1. The van der Waals surface area contributed by atoms with Crippen LogP contribution < -0.4 is 16.0 Å². The molecule has 1 heterocycles. The molecule has 35 heavy (non-hydrogen) atoms. The fourth-order valence-corrected chi connectivity index (χ4v) is 4.52. The maximum atomic E-state index is 13.1. The van der Waals surface area contributed by atoms with Crippen LogP contribution in [-0.2, 0) is 11.2 Å². The number of halogens is 1. The Bertz CT molecular complexity index is 1280. The first-order valence-electron chi connectivity index (χ1n) is 10.7. The molecule has 4 rings (SSSR count). The van der Waals surface area contributed by atoms with E-state index in [2.05, 4.69) is 26.1 Å². The van der Waals surface area contributed by atoms with Gasteiger partial charge in [0.25, 0.3) is 0 Å². The average Bonchev–Trinajstić information content (AvgIpc) is 3.33. The number of anilines is 2. The summed E-state index contributed by atoms with van der Waals surface area (Å²) in [5.41, 5.74) is 2.39. The van der Waals surface area contributed by atoms with E-state index in [4.69, 9.17) is 11.6 Å². The van der Waals surface area contributed by atoms with Crippen LogP contribution in [0.1, 0.15) is 5.56 Å². The molecule has 3 N–H and O–H groups in total. The number of carbonyl (C=O) groups is 2. The van der Waals surface area contributed by atoms with Crippen LogP contribution in [0.15, 0.2) is 83.8 Å². The van der Waals surface area contributed by atoms with Crippen LogP contribution in [0.5, 0.6) is 0 Å². The average molecular weight is 524 g/mol. The van der Waals surface area contributed by atoms with E-state index < -0.39 is 12.1 Å². The van der Waals surface area contributed by atoms with E-state index in [-0.39, 0.29) is 5.91 Å². The first kappa shape index (κ1) is 24.7. The van der Waals surface area contributed by atoms with Crippen LogP contribution in [0.3, 0.4) is 0 Å². The van der Waals surface area contributed by atoms with Crippen LogP contribution in [0.4, 0.5) is 15.6 Å². The molecule has 3 aromatic carbocycles. The van der Waals surface area contributed by atoms with Gasteiger partial charge in [0.15, 0.2) is 0 Å². The number of rotatable bonds is 8. The maximum absolute atomic E-state index is 13.1. The van der Waals surface area contributed by atoms with Crippen LogP contribution >= 0.6 is 34.7 Å². The largest absolute Gasteiger partial charge is 0.326 e. The molecule has 4 aromatic rings. The number of carbonyl (C=O) groups excluding carboxylic acids is 2. The molecule has 1 atom stereocenters. The minimum atomic E-state index is -0.828. The zero-order valence-corrected chi connectivity index (χ0v) is 21.1. The van der Waals surface area contributed by atoms with Crippen LogP contribution in [0.25, 0.3) is 10.6 Å². The van der Waals surface area contributed by atoms with Gasteiger partial charge in [-0.2, -0.15) is 0 Å². The topological polar surface area (TPSA) is 96.0 Å². The molecule has 0 saturated carbocycles. The highest BCUT2D eigenvalue weighted by molar-refractivity contribution is 7.98. The predicted molar refractivity (Wildman–Crippen MR) is 143 cm³/mol. The van der Waals surface area contributed by atoms with E-state index in [1.807, 2.05) is 73.0 Å². The van der Waals surface area contributed by atoms with Crippen molar-refractivity contribution >= 4 is 57.5 Å². The van der Waals surface area contributed by atoms with Gasteiger partial charge in [0.2, 0.25) is 11.0 Å². The molecular formula is C25H22ClN5O2S2. The minimum absolute atomic E-state index is 0.314. The molecule has 0 aliphatic heterocycles. The van der Waals surface area contributed by atoms with E-state index >= 15 is 0 Å². The summed E-state index contributed by atoms with van der Waals surface area (Å²) >= 11 is 8.81. The van der Waals surface area contributed by atoms with Crippen LogP contribution in [0, 0.1) is 0 Å². The van der Waals surface area contributed by atoms with E-state index in [1.165, 1.54) is 11.3 Å². The van der Waals surface area contributed by atoms with Gasteiger partial charge in [0, 0.05) is 27.6 Å². The van der Waals surface area contributed by atoms with Gasteiger partial charge in [-0.25, -0.2) is 4.79 Å². The number of nitrogens with one attached hydrogen (secondary N) is 3. The Kier molecular flexibility index (Phi) is 8.36. The predicted octanol–water partition coefficient (Wildman–Crippen LogP) is 5.95. The summed E-state index contributed by atoms with van der Waals surface area (Å²) in [6.07, 6.45) is 2.30. The zero-order valence-electron chi connectivity index (χ0n) is 18.7. The number of thioether (sulfide) groups is 1. The van der Waals surface area contributed by atoms with Crippen molar-refractivity contribution in [1.82, 2.24) is 15.5 Å². The van der Waals surface area contributed by atoms with Gasteiger partial charge >= 0.3 is 6.03 Å². The molecule has 10 heteroatoms. The number of hydrogen-bond acceptors (Lipinski definition) is 6. The van der Waals surface area contributed by atoms with Gasteiger partial charge in [0.05, 0.1) is 0 Å². The zero-order chi connectivity index (χ0) is 24.6. The smallest absolute Gasteiger partial charge is 0.319 e. The fraction of sp³-hybridized carbons (Fsp3) is 0.120. The number of amides is 3. The summed E-state index contributed by atoms with van der Waals surface area (Å²) < 4.78 is 0. The summed E-state index contributed by atoms with van der Waals surface area (Å²) in [6, 6.07) is 22.9. The second-order valence-electron chi connectivity index (χ2n) is 7.48. The highest BCUT2D eigenvalue weighted by Gasteiger charge is 2.23. The lowest BCUT2D eigenvalue weighted by Gasteiger charge is -2.18. The van der Waals surface area contributed by atoms with Crippen molar-refractivity contribution in [2.45, 2.75) is 17.4 Å². The number of urea groups is 1. The lowest BCUT2D eigenvalue weighted by molar-refractivity contribution is -0.117. The van der Waals surface area contributed by atoms with Gasteiger partial charge in [0.1, 0.15) is 11.0 Å². The molecule has 178 valence electrons. The van der Waals surface area contributed by atoms with Gasteiger partial charge in [-0.15, -0.1) is 22.0 Å². The van der Waals surface area contributed by atoms with Crippen molar-refractivity contribution in [3.63, 3.8) is 0 Å². The third-order valence-electron chi connectivity index (χ3n) is 5.00. The molecule has 0 saturated heterocycles. The Morgan fingerprint density at radius 1 is 0.943 bits per heavy atom. The summed E-state index contributed by atoms with van der Waals surface area (Å²) in [4.78, 5) is 26.9. The van der Waals surface area contributed by atoms with E-state index in [9.17, 15) is 9.59 Å². The maximum Gasteiger partial charge on any atom is 0.319 e. The second kappa shape index (κ2) is 11.8. The molecule has 0 fully saturated rings. The van der Waals surface area contributed by atoms with Crippen molar-refractivity contribution < 1.29 is 9.59 Å². The SMILES string of the molecule is CSc1ccc(NC(=O)NC(Cc2ccccc2)C(=O)Nc2nnc(-c3ccc(Cl)cc3)s2)cc1. The monoisotopic (exact) mass is 523 g/mol. The Balaban J connectivity index is 1.45. The number of hydrogen-bond donors (Lipinski definition) is 3. The fourth-order valence-electron chi connectivity index (χ4n) is 3.23. The third kappa shape index (κ3) is 7.05. The number of nitrogens with zero attached hydrogens (tertiary/aromatic N) is 2. The quantitative estimate of drug-likeness (QED) is 0.248. The Labute approximate surface area is 216 Å². The second-order valence-corrected chi connectivity index (χ2v) is 9.77. The first-order chi connectivity index (χ1) is 17.0. The van der Waals surface area contributed by atoms with Gasteiger partial charge in [-0.3, -0.25) is 10.1 Å². The van der Waals surface area contributed by atoms with E-state index in [1.54, 1.807) is 23.9 Å². The van der Waals surface area contributed by atoms with E-state index in [0.717, 1.165) is 16.0 Å². The molecule has 0 spiro atoms. The standard InChI is InChI=1S/C25H22ClN5O2S2/c1-34-20-13-11-19(12-14-20)27-24(33)28-21(15-16-5-3-2-4-6-16)22(32)29-25-31-30-23(35-25)17-7-9-18(26)10-8-17/h2-14,21H,15H2,1H3,(H2,27,28,33)(H,29,31,32). The van der Waals surface area contributed by atoms with Gasteiger partial charge in [-0.1, -0.05) is 65.4 Å². The molecule has 1 aromatic heterocycles. The lowest BCUT2D eigenvalue weighted by atomic mass is 10.1. The molecule has 3 amide bonds. The molecule has 1 unspecified atom stereocenters. The van der Waals surface area contributed by atoms with Crippen molar-refractivity contribution in [2.75, 3.05) is 16.9 Å². The molecular weight excluding hydrogens is 502 g/mol. The Hall–Kier alpha value is -3.40. The molecule has 0 radical (unpaired) electrons. The highest BCUT2D eigenvalue weighted by atomic mass is 35.5. The van der Waals surface area contributed by atoms with Crippen LogP contribution in [0.2, 0.25) is 5.02 Å². The van der Waals surface area contributed by atoms with Gasteiger partial charge in [-0.05, 0) is 48.2 Å². The van der Waals surface area contributed by atoms with Crippen molar-refractivity contribution in [3.8, 4) is 10.6 Å². The van der Waals surface area contributed by atoms with Crippen molar-refractivity contribution in [3.05, 3.63) is 89.4 Å². The summed E-state index contributed by atoms with van der Waals surface area (Å²) in [5, 5.41) is 18.2. The van der Waals surface area contributed by atoms with Crippen LogP contribution in [-0.4, -0.2) is 34.4 Å². The van der Waals surface area contributed by atoms with Gasteiger partial charge < -0.3 is 10.6 Å². The molecule has 0 aliphatic rings. The lowest BCUT2D eigenvalue weighted by Crippen LogP contribution is -2.46. The normalized spacial score (nSPS) is 11.5. The number of aromatic nitrogens is 2. The summed E-state index contributed by atoms with van der Waals surface area (Å²) in [7, 11) is 0. The summed E-state index contributed by atoms with van der Waals surface area (Å²) in [5.74, 6) is -0.388. The highest BCUT2D eigenvalue weighted by Crippen LogP contribution is 2.27.